The molecule has 2 aromatic rings. The van der Waals surface area contributed by atoms with Gasteiger partial charge in [-0.3, -0.25) is 0 Å². The number of rotatable bonds is 2. The zero-order valence-corrected chi connectivity index (χ0v) is 9.82. The zero-order valence-electron chi connectivity index (χ0n) is 9.82. The van der Waals surface area contributed by atoms with Crippen LogP contribution in [0.15, 0.2) is 36.4 Å². The van der Waals surface area contributed by atoms with Crippen LogP contribution >= 0.6 is 0 Å². The van der Waals surface area contributed by atoms with Gasteiger partial charge >= 0.3 is 0 Å². The first kappa shape index (κ1) is 12.5. The summed E-state index contributed by atoms with van der Waals surface area (Å²) in [4.78, 5) is 0. The molecule has 0 heterocycles. The molecule has 3 N–H and O–H groups in total. The lowest BCUT2D eigenvalue weighted by Crippen LogP contribution is -2.07. The molecule has 0 saturated heterocycles. The van der Waals surface area contributed by atoms with E-state index in [-0.39, 0.29) is 5.56 Å². The van der Waals surface area contributed by atoms with Crippen LogP contribution in [0.4, 0.5) is 8.78 Å². The van der Waals surface area contributed by atoms with E-state index in [4.69, 9.17) is 5.73 Å². The van der Waals surface area contributed by atoms with E-state index in [9.17, 15) is 13.9 Å². The number of phenols is 1. The second-order valence-electron chi connectivity index (χ2n) is 4.16. The molecule has 4 heteroatoms. The van der Waals surface area contributed by atoms with Crippen molar-refractivity contribution in [3.8, 4) is 16.9 Å². The van der Waals surface area contributed by atoms with Crippen molar-refractivity contribution in [1.82, 2.24) is 0 Å². The van der Waals surface area contributed by atoms with E-state index in [0.29, 0.717) is 11.1 Å². The Bertz CT molecular complexity index is 582. The minimum absolute atomic E-state index is 0.255. The molecule has 0 aliphatic carbocycles. The second-order valence-corrected chi connectivity index (χ2v) is 4.16. The minimum atomic E-state index is -0.732. The number of aromatic hydroxyl groups is 1. The Hall–Kier alpha value is -1.94. The Labute approximate surface area is 104 Å². The molecule has 2 rings (SSSR count). The van der Waals surface area contributed by atoms with Crippen LogP contribution in [-0.4, -0.2) is 5.11 Å². The van der Waals surface area contributed by atoms with Gasteiger partial charge in [-0.15, -0.1) is 0 Å². The summed E-state index contributed by atoms with van der Waals surface area (Å²) in [6.45, 7) is 1.68. The maximum absolute atomic E-state index is 13.8. The summed E-state index contributed by atoms with van der Waals surface area (Å²) in [6, 6.07) is 8.11. The highest BCUT2D eigenvalue weighted by atomic mass is 19.1. The summed E-state index contributed by atoms with van der Waals surface area (Å²) in [7, 11) is 0. The average Bonchev–Trinajstić information content (AvgIpc) is 2.32. The third-order valence-corrected chi connectivity index (χ3v) is 2.79. The summed E-state index contributed by atoms with van der Waals surface area (Å²) < 4.78 is 27.0. The van der Waals surface area contributed by atoms with Crippen molar-refractivity contribution in [1.29, 1.82) is 0 Å². The van der Waals surface area contributed by atoms with Crippen LogP contribution in [-0.2, 0) is 0 Å². The van der Waals surface area contributed by atoms with Crippen molar-refractivity contribution in [3.63, 3.8) is 0 Å². The van der Waals surface area contributed by atoms with Gasteiger partial charge in [0.25, 0.3) is 0 Å². The number of hydrogen-bond acceptors (Lipinski definition) is 2. The quantitative estimate of drug-likeness (QED) is 0.857. The monoisotopic (exact) mass is 249 g/mol. The third kappa shape index (κ3) is 2.19. The summed E-state index contributed by atoms with van der Waals surface area (Å²) in [6.07, 6.45) is 0. The molecule has 0 bridgehead atoms. The molecule has 0 aliphatic heterocycles. The highest BCUT2D eigenvalue weighted by Gasteiger charge is 2.12. The largest absolute Gasteiger partial charge is 0.504 e. The Morgan fingerprint density at radius 1 is 1.11 bits per heavy atom. The number of benzene rings is 2. The molecule has 0 spiro atoms. The van der Waals surface area contributed by atoms with Crippen LogP contribution in [0.1, 0.15) is 18.5 Å². The number of nitrogens with two attached hydrogens (primary N) is 1. The maximum atomic E-state index is 13.8. The summed E-state index contributed by atoms with van der Waals surface area (Å²) in [5.74, 6) is -1.68. The molecule has 0 saturated carbocycles. The predicted molar refractivity (Wildman–Crippen MR) is 66.1 cm³/mol. The predicted octanol–water partition coefficient (Wildman–Crippen LogP) is 3.36. The highest BCUT2D eigenvalue weighted by molar-refractivity contribution is 5.70. The van der Waals surface area contributed by atoms with E-state index in [1.165, 1.54) is 18.2 Å². The van der Waals surface area contributed by atoms with Gasteiger partial charge in [-0.1, -0.05) is 24.3 Å². The minimum Gasteiger partial charge on any atom is -0.504 e. The lowest BCUT2D eigenvalue weighted by Gasteiger charge is -2.10. The molecule has 18 heavy (non-hydrogen) atoms. The Balaban J connectivity index is 2.52. The molecule has 0 unspecified atom stereocenters. The van der Waals surface area contributed by atoms with Crippen molar-refractivity contribution >= 4 is 0 Å². The van der Waals surface area contributed by atoms with E-state index in [0.717, 1.165) is 6.07 Å². The van der Waals surface area contributed by atoms with Crippen LogP contribution in [0.5, 0.6) is 5.75 Å². The molecule has 94 valence electrons. The van der Waals surface area contributed by atoms with Crippen molar-refractivity contribution in [2.75, 3.05) is 0 Å². The van der Waals surface area contributed by atoms with Crippen LogP contribution in [0.25, 0.3) is 11.1 Å². The molecular formula is C14H13F2NO. The first-order chi connectivity index (χ1) is 8.50. The highest BCUT2D eigenvalue weighted by Crippen LogP contribution is 2.32. The molecule has 0 fully saturated rings. The molecule has 2 aromatic carbocycles. The maximum Gasteiger partial charge on any atom is 0.165 e. The first-order valence-electron chi connectivity index (χ1n) is 5.53. The van der Waals surface area contributed by atoms with E-state index < -0.39 is 23.4 Å². The molecule has 0 aliphatic rings. The Kier molecular flexibility index (Phi) is 3.30. The molecule has 2 nitrogen and oxygen atoms in total. The van der Waals surface area contributed by atoms with Crippen LogP contribution in [0.3, 0.4) is 0 Å². The van der Waals surface area contributed by atoms with Crippen molar-refractivity contribution in [2.24, 2.45) is 5.73 Å². The summed E-state index contributed by atoms with van der Waals surface area (Å²) >= 11 is 0. The Morgan fingerprint density at radius 3 is 2.44 bits per heavy atom. The number of phenolic OH excluding ortho intramolecular Hbond substituents is 1. The van der Waals surface area contributed by atoms with Crippen LogP contribution < -0.4 is 5.73 Å². The number of hydrogen-bond donors (Lipinski definition) is 2. The topological polar surface area (TPSA) is 46.2 Å². The van der Waals surface area contributed by atoms with Gasteiger partial charge < -0.3 is 10.8 Å². The molecule has 0 aromatic heterocycles. The summed E-state index contributed by atoms with van der Waals surface area (Å²) in [5.41, 5.74) is 6.66. The SMILES string of the molecule is C[C@@H](N)c1ccc(-c2cccc(F)c2O)cc1F. The van der Waals surface area contributed by atoms with Crippen molar-refractivity contribution in [3.05, 3.63) is 53.6 Å². The smallest absolute Gasteiger partial charge is 0.165 e. The van der Waals surface area contributed by atoms with Crippen molar-refractivity contribution < 1.29 is 13.9 Å². The average molecular weight is 249 g/mol. The first-order valence-corrected chi connectivity index (χ1v) is 5.53. The molecular weight excluding hydrogens is 236 g/mol. The molecule has 0 amide bonds. The fraction of sp³-hybridized carbons (Fsp3) is 0.143. The third-order valence-electron chi connectivity index (χ3n) is 2.79. The standard InChI is InChI=1S/C14H13F2NO/c1-8(17)10-6-5-9(7-13(10)16)11-3-2-4-12(15)14(11)18/h2-8,18H,17H2,1H3/t8-/m1/s1. The van der Waals surface area contributed by atoms with Gasteiger partial charge in [0, 0.05) is 17.2 Å². The molecule has 1 atom stereocenters. The van der Waals surface area contributed by atoms with Gasteiger partial charge in [0.15, 0.2) is 11.6 Å². The summed E-state index contributed by atoms with van der Waals surface area (Å²) in [5, 5.41) is 9.60. The van der Waals surface area contributed by atoms with E-state index in [2.05, 4.69) is 0 Å². The van der Waals surface area contributed by atoms with Gasteiger partial charge in [0.1, 0.15) is 5.82 Å². The van der Waals surface area contributed by atoms with Gasteiger partial charge in [0.05, 0.1) is 0 Å². The van der Waals surface area contributed by atoms with Crippen LogP contribution in [0, 0.1) is 11.6 Å². The normalized spacial score (nSPS) is 12.4. The zero-order chi connectivity index (χ0) is 13.3. The van der Waals surface area contributed by atoms with Crippen LogP contribution in [0.2, 0.25) is 0 Å². The fourth-order valence-electron chi connectivity index (χ4n) is 1.81. The lowest BCUT2D eigenvalue weighted by molar-refractivity contribution is 0.434. The van der Waals surface area contributed by atoms with E-state index in [1.54, 1.807) is 19.1 Å². The van der Waals surface area contributed by atoms with Gasteiger partial charge in [-0.2, -0.15) is 0 Å². The lowest BCUT2D eigenvalue weighted by atomic mass is 10.00. The fourth-order valence-corrected chi connectivity index (χ4v) is 1.81. The Morgan fingerprint density at radius 2 is 1.83 bits per heavy atom. The second kappa shape index (κ2) is 4.74. The van der Waals surface area contributed by atoms with E-state index >= 15 is 0 Å². The van der Waals surface area contributed by atoms with Gasteiger partial charge in [-0.05, 0) is 24.6 Å². The number of halogens is 2. The van der Waals surface area contributed by atoms with Gasteiger partial charge in [-0.25, -0.2) is 8.78 Å². The molecule has 0 radical (unpaired) electrons. The van der Waals surface area contributed by atoms with Crippen molar-refractivity contribution in [2.45, 2.75) is 13.0 Å². The number of para-hydroxylation sites is 1. The van der Waals surface area contributed by atoms with E-state index in [1.807, 2.05) is 0 Å². The van der Waals surface area contributed by atoms with Gasteiger partial charge in [0.2, 0.25) is 0 Å².